The largest absolute Gasteiger partial charge is 0.497 e. The van der Waals surface area contributed by atoms with Crippen molar-refractivity contribution >= 4 is 22.1 Å². The number of hydrogen-bond donors (Lipinski definition) is 1. The maximum absolute atomic E-state index is 12.9. The van der Waals surface area contributed by atoms with Gasteiger partial charge in [0.05, 0.1) is 19.4 Å². The van der Waals surface area contributed by atoms with Gasteiger partial charge in [-0.25, -0.2) is 13.5 Å². The van der Waals surface area contributed by atoms with Crippen LogP contribution in [0.1, 0.15) is 13.8 Å². The van der Waals surface area contributed by atoms with Gasteiger partial charge in [0.15, 0.2) is 0 Å². The van der Waals surface area contributed by atoms with E-state index in [1.807, 2.05) is 38.1 Å². The van der Waals surface area contributed by atoms with E-state index in [1.54, 1.807) is 7.11 Å². The first-order valence-corrected chi connectivity index (χ1v) is 12.0. The highest BCUT2D eigenvalue weighted by atomic mass is 32.2. The van der Waals surface area contributed by atoms with Crippen molar-refractivity contribution in [3.63, 3.8) is 0 Å². The second-order valence-electron chi connectivity index (χ2n) is 7.15. The number of hydroxylamine groups is 2. The number of ether oxygens (including phenoxy) is 1. The molecule has 2 rings (SSSR count). The zero-order chi connectivity index (χ0) is 22.9. The smallest absolute Gasteiger partial charge is 0.234 e. The Balaban J connectivity index is 2.00. The number of carbonyl (C=O) groups is 1. The molecule has 1 aliphatic heterocycles. The van der Waals surface area contributed by atoms with Crippen molar-refractivity contribution in [3.8, 4) is 17.6 Å². The van der Waals surface area contributed by atoms with Crippen LogP contribution in [0.3, 0.4) is 0 Å². The SMILES string of the molecule is CCN(CC)CC#CC(CS(=O)(=O)N1CCN(c2ccc(OC)cc2)CC1)N(O)C=O. The molecule has 0 radical (unpaired) electrons. The number of carbonyl (C=O) groups excluding carboxylic acids is 1. The van der Waals surface area contributed by atoms with Crippen LogP contribution in [0, 0.1) is 11.8 Å². The Morgan fingerprint density at radius 1 is 1.16 bits per heavy atom. The average Bonchev–Trinajstić information content (AvgIpc) is 2.80. The van der Waals surface area contributed by atoms with Crippen molar-refractivity contribution in [2.45, 2.75) is 19.9 Å². The van der Waals surface area contributed by atoms with E-state index in [4.69, 9.17) is 4.74 Å². The Kier molecular flexibility index (Phi) is 9.58. The van der Waals surface area contributed by atoms with Crippen molar-refractivity contribution in [1.82, 2.24) is 14.3 Å². The predicted molar refractivity (Wildman–Crippen MR) is 120 cm³/mol. The van der Waals surface area contributed by atoms with Gasteiger partial charge in [0.2, 0.25) is 16.4 Å². The third-order valence-electron chi connectivity index (χ3n) is 5.33. The van der Waals surface area contributed by atoms with Gasteiger partial charge in [0.1, 0.15) is 11.8 Å². The summed E-state index contributed by atoms with van der Waals surface area (Å²) in [7, 11) is -2.10. The molecule has 172 valence electrons. The van der Waals surface area contributed by atoms with Crippen LogP contribution in [0.4, 0.5) is 5.69 Å². The number of anilines is 1. The third kappa shape index (κ3) is 7.11. The van der Waals surface area contributed by atoms with Crippen LogP contribution >= 0.6 is 0 Å². The molecule has 1 unspecified atom stereocenters. The molecule has 1 saturated heterocycles. The molecule has 1 aromatic carbocycles. The molecule has 1 N–H and O–H groups in total. The molecule has 10 heteroatoms. The first-order chi connectivity index (χ1) is 14.8. The fourth-order valence-corrected chi connectivity index (χ4v) is 4.87. The Bertz CT molecular complexity index is 854. The van der Waals surface area contributed by atoms with E-state index in [-0.39, 0.29) is 6.41 Å². The molecule has 0 saturated carbocycles. The lowest BCUT2D eigenvalue weighted by molar-refractivity contribution is -0.153. The molecule has 0 spiro atoms. The Morgan fingerprint density at radius 3 is 2.29 bits per heavy atom. The van der Waals surface area contributed by atoms with Crippen molar-refractivity contribution in [2.75, 3.05) is 63.6 Å². The number of sulfonamides is 1. The van der Waals surface area contributed by atoms with Gasteiger partial charge in [-0.2, -0.15) is 4.31 Å². The fraction of sp³-hybridized carbons (Fsp3) is 0.571. The summed E-state index contributed by atoms with van der Waals surface area (Å²) in [5, 5.41) is 10.2. The normalized spacial score (nSPS) is 15.8. The second kappa shape index (κ2) is 11.9. The van der Waals surface area contributed by atoms with E-state index in [1.165, 1.54) is 4.31 Å². The quantitative estimate of drug-likeness (QED) is 0.242. The molecule has 1 amide bonds. The molecular weight excluding hydrogens is 420 g/mol. The molecule has 1 aliphatic rings. The summed E-state index contributed by atoms with van der Waals surface area (Å²) in [4.78, 5) is 15.2. The van der Waals surface area contributed by atoms with Crippen LogP contribution < -0.4 is 9.64 Å². The van der Waals surface area contributed by atoms with Gasteiger partial charge in [0, 0.05) is 31.9 Å². The van der Waals surface area contributed by atoms with Gasteiger partial charge in [0.25, 0.3) is 0 Å². The summed E-state index contributed by atoms with van der Waals surface area (Å²) in [6.07, 6.45) is 0.188. The molecule has 0 aromatic heterocycles. The molecule has 1 fully saturated rings. The highest BCUT2D eigenvalue weighted by Gasteiger charge is 2.31. The van der Waals surface area contributed by atoms with Crippen LogP contribution in [0.25, 0.3) is 0 Å². The van der Waals surface area contributed by atoms with Crippen LogP contribution in [0.5, 0.6) is 5.75 Å². The minimum absolute atomic E-state index is 0.188. The number of methoxy groups -OCH3 is 1. The number of piperazine rings is 1. The summed E-state index contributed by atoms with van der Waals surface area (Å²) < 4.78 is 32.4. The standard InChI is InChI=1S/C21H32N4O5S/c1-4-22(5-2)12-6-7-20(25(27)18-26)17-31(28,29)24-15-13-23(14-16-24)19-8-10-21(30-3)11-9-19/h8-11,18,20,27H,4-5,12-17H2,1-3H3. The molecule has 1 atom stereocenters. The van der Waals surface area contributed by atoms with Gasteiger partial charge in [-0.1, -0.05) is 25.7 Å². The van der Waals surface area contributed by atoms with Crippen molar-refractivity contribution in [3.05, 3.63) is 24.3 Å². The lowest BCUT2D eigenvalue weighted by atomic mass is 10.2. The first kappa shape index (κ1) is 24.9. The number of nitrogens with zero attached hydrogens (tertiary/aromatic N) is 4. The summed E-state index contributed by atoms with van der Waals surface area (Å²) in [6, 6.07) is 6.51. The molecular formula is C21H32N4O5S. The van der Waals surface area contributed by atoms with E-state index in [2.05, 4.69) is 21.6 Å². The topological polar surface area (TPSA) is 93.6 Å². The van der Waals surface area contributed by atoms with Gasteiger partial charge >= 0.3 is 0 Å². The molecule has 31 heavy (non-hydrogen) atoms. The number of benzene rings is 1. The highest BCUT2D eigenvalue weighted by molar-refractivity contribution is 7.89. The number of rotatable bonds is 10. The average molecular weight is 453 g/mol. The van der Waals surface area contributed by atoms with E-state index in [0.29, 0.717) is 37.8 Å². The Morgan fingerprint density at radius 2 is 1.77 bits per heavy atom. The van der Waals surface area contributed by atoms with Crippen LogP contribution in [-0.2, 0) is 14.8 Å². The van der Waals surface area contributed by atoms with E-state index in [0.717, 1.165) is 24.5 Å². The molecule has 0 bridgehead atoms. The number of hydrogen-bond acceptors (Lipinski definition) is 7. The molecule has 9 nitrogen and oxygen atoms in total. The van der Waals surface area contributed by atoms with Crippen molar-refractivity contribution in [2.24, 2.45) is 0 Å². The van der Waals surface area contributed by atoms with Crippen LogP contribution in [-0.4, -0.2) is 99.0 Å². The summed E-state index contributed by atoms with van der Waals surface area (Å²) in [5.74, 6) is 5.93. The summed E-state index contributed by atoms with van der Waals surface area (Å²) in [5.41, 5.74) is 1.00. The van der Waals surface area contributed by atoms with Gasteiger partial charge in [-0.05, 0) is 37.4 Å². The monoisotopic (exact) mass is 452 g/mol. The van der Waals surface area contributed by atoms with Crippen molar-refractivity contribution in [1.29, 1.82) is 0 Å². The summed E-state index contributed by atoms with van der Waals surface area (Å²) in [6.45, 7) is 7.79. The maximum Gasteiger partial charge on any atom is 0.234 e. The Hall–Kier alpha value is -2.32. The lowest BCUT2D eigenvalue weighted by Crippen LogP contribution is -2.51. The molecule has 1 heterocycles. The minimum atomic E-state index is -3.71. The van der Waals surface area contributed by atoms with Gasteiger partial charge < -0.3 is 9.64 Å². The van der Waals surface area contributed by atoms with Crippen LogP contribution in [0.15, 0.2) is 24.3 Å². The lowest BCUT2D eigenvalue weighted by Gasteiger charge is -2.36. The fourth-order valence-electron chi connectivity index (χ4n) is 3.30. The maximum atomic E-state index is 12.9. The van der Waals surface area contributed by atoms with Gasteiger partial charge in [-0.3, -0.25) is 14.9 Å². The third-order valence-corrected chi connectivity index (χ3v) is 7.22. The second-order valence-corrected chi connectivity index (χ2v) is 9.16. The highest BCUT2D eigenvalue weighted by Crippen LogP contribution is 2.21. The zero-order valence-electron chi connectivity index (χ0n) is 18.4. The zero-order valence-corrected chi connectivity index (χ0v) is 19.2. The van der Waals surface area contributed by atoms with E-state index < -0.39 is 21.8 Å². The molecule has 0 aliphatic carbocycles. The first-order valence-electron chi connectivity index (χ1n) is 10.3. The van der Waals surface area contributed by atoms with E-state index >= 15 is 0 Å². The summed E-state index contributed by atoms with van der Waals surface area (Å²) >= 11 is 0. The predicted octanol–water partition coefficient (Wildman–Crippen LogP) is 0.708. The van der Waals surface area contributed by atoms with Gasteiger partial charge in [-0.15, -0.1) is 0 Å². The minimum Gasteiger partial charge on any atom is -0.497 e. The van der Waals surface area contributed by atoms with Crippen LogP contribution in [0.2, 0.25) is 0 Å². The molecule has 1 aromatic rings. The van der Waals surface area contributed by atoms with Crippen molar-refractivity contribution < 1.29 is 23.2 Å². The Labute approximate surface area is 185 Å². The number of amides is 1. The van der Waals surface area contributed by atoms with E-state index in [9.17, 15) is 18.4 Å².